The molecule has 4 heteroatoms. The summed E-state index contributed by atoms with van der Waals surface area (Å²) in [6.07, 6.45) is 0.767. The average molecular weight is 284 g/mol. The molecule has 1 aliphatic rings. The van der Waals surface area contributed by atoms with Crippen LogP contribution in [0.1, 0.15) is 25.8 Å². The van der Waals surface area contributed by atoms with E-state index >= 15 is 0 Å². The zero-order valence-electron chi connectivity index (χ0n) is 11.5. The Morgan fingerprint density at radius 3 is 2.32 bits per heavy atom. The molecule has 0 heterocycles. The second kappa shape index (κ2) is 6.40. The number of hydrogen-bond acceptors (Lipinski definition) is 2. The van der Waals surface area contributed by atoms with Crippen LogP contribution in [-0.4, -0.2) is 35.6 Å². The fraction of sp³-hybridized carbons (Fsp3) is 0.533. The predicted octanol–water partition coefficient (Wildman–Crippen LogP) is 2.23. The van der Waals surface area contributed by atoms with Crippen molar-refractivity contribution in [3.05, 3.63) is 35.9 Å². The van der Waals surface area contributed by atoms with Gasteiger partial charge in [0, 0.05) is 25.6 Å². The molecule has 1 aliphatic carbocycles. The lowest BCUT2D eigenvalue weighted by Gasteiger charge is -2.26. The van der Waals surface area contributed by atoms with Crippen LogP contribution in [0, 0.1) is 5.92 Å². The van der Waals surface area contributed by atoms with Gasteiger partial charge in [-0.1, -0.05) is 30.3 Å². The van der Waals surface area contributed by atoms with Crippen LogP contribution in [0.3, 0.4) is 0 Å². The van der Waals surface area contributed by atoms with Gasteiger partial charge in [-0.15, -0.1) is 12.4 Å². The number of carbonyl (C=O) groups excluding carboxylic acids is 1. The van der Waals surface area contributed by atoms with Gasteiger partial charge in [0.15, 0.2) is 0 Å². The normalized spacial score (nSPS) is 24.5. The SMILES string of the molecule is CCN(CC)C(=O)C1(c2ccccc2)CC1CO.Cl. The molecule has 1 N–H and O–H groups in total. The van der Waals surface area contributed by atoms with Crippen molar-refractivity contribution in [3.63, 3.8) is 0 Å². The van der Waals surface area contributed by atoms with E-state index in [9.17, 15) is 9.90 Å². The number of benzene rings is 1. The zero-order chi connectivity index (χ0) is 13.2. The zero-order valence-corrected chi connectivity index (χ0v) is 12.3. The van der Waals surface area contributed by atoms with Crippen molar-refractivity contribution in [2.75, 3.05) is 19.7 Å². The monoisotopic (exact) mass is 283 g/mol. The first-order valence-corrected chi connectivity index (χ1v) is 6.66. The van der Waals surface area contributed by atoms with Crippen molar-refractivity contribution in [2.45, 2.75) is 25.7 Å². The summed E-state index contributed by atoms with van der Waals surface area (Å²) in [6, 6.07) is 9.86. The van der Waals surface area contributed by atoms with Crippen LogP contribution in [-0.2, 0) is 10.2 Å². The molecule has 0 aromatic heterocycles. The van der Waals surface area contributed by atoms with Gasteiger partial charge in [-0.3, -0.25) is 4.79 Å². The molecule has 2 unspecified atom stereocenters. The van der Waals surface area contributed by atoms with Gasteiger partial charge in [-0.05, 0) is 25.8 Å². The van der Waals surface area contributed by atoms with Gasteiger partial charge in [0.2, 0.25) is 5.91 Å². The van der Waals surface area contributed by atoms with E-state index in [2.05, 4.69) is 0 Å². The maximum Gasteiger partial charge on any atom is 0.233 e. The minimum atomic E-state index is -0.470. The average Bonchev–Trinajstić information content (AvgIpc) is 3.17. The molecule has 0 radical (unpaired) electrons. The molecule has 0 saturated heterocycles. The summed E-state index contributed by atoms with van der Waals surface area (Å²) >= 11 is 0. The van der Waals surface area contributed by atoms with E-state index in [1.807, 2.05) is 49.1 Å². The first kappa shape index (κ1) is 16.0. The Kier molecular flexibility index (Phi) is 5.39. The predicted molar refractivity (Wildman–Crippen MR) is 78.5 cm³/mol. The van der Waals surface area contributed by atoms with Gasteiger partial charge in [0.25, 0.3) is 0 Å². The summed E-state index contributed by atoms with van der Waals surface area (Å²) in [4.78, 5) is 14.5. The second-order valence-corrected chi connectivity index (χ2v) is 4.90. The summed E-state index contributed by atoms with van der Waals surface area (Å²) in [6.45, 7) is 5.53. The number of aliphatic hydroxyl groups excluding tert-OH is 1. The summed E-state index contributed by atoms with van der Waals surface area (Å²) < 4.78 is 0. The molecule has 0 spiro atoms. The largest absolute Gasteiger partial charge is 0.396 e. The number of halogens is 1. The standard InChI is InChI=1S/C15H21NO2.ClH/c1-3-16(4-2)14(18)15(10-13(15)11-17)12-8-6-5-7-9-12;/h5-9,13,17H,3-4,10-11H2,1-2H3;1H. The highest BCUT2D eigenvalue weighted by atomic mass is 35.5. The van der Waals surface area contributed by atoms with Crippen molar-refractivity contribution in [2.24, 2.45) is 5.92 Å². The third-order valence-corrected chi connectivity index (χ3v) is 4.05. The molecule has 106 valence electrons. The van der Waals surface area contributed by atoms with Crippen LogP contribution in [0.25, 0.3) is 0 Å². The van der Waals surface area contributed by atoms with Gasteiger partial charge >= 0.3 is 0 Å². The lowest BCUT2D eigenvalue weighted by molar-refractivity contribution is -0.134. The fourth-order valence-corrected chi connectivity index (χ4v) is 2.82. The van der Waals surface area contributed by atoms with Crippen LogP contribution >= 0.6 is 12.4 Å². The van der Waals surface area contributed by atoms with E-state index in [1.165, 1.54) is 0 Å². The quantitative estimate of drug-likeness (QED) is 0.900. The highest BCUT2D eigenvalue weighted by Crippen LogP contribution is 2.55. The van der Waals surface area contributed by atoms with Gasteiger partial charge in [-0.25, -0.2) is 0 Å². The lowest BCUT2D eigenvalue weighted by Crippen LogP contribution is -2.40. The molecular weight excluding hydrogens is 262 g/mol. The Balaban J connectivity index is 0.00000180. The van der Waals surface area contributed by atoms with Gasteiger partial charge in [0.05, 0.1) is 5.41 Å². The number of nitrogens with zero attached hydrogens (tertiary/aromatic N) is 1. The third-order valence-electron chi connectivity index (χ3n) is 4.05. The Hall–Kier alpha value is -1.06. The number of rotatable bonds is 5. The Labute approximate surface area is 121 Å². The minimum absolute atomic E-state index is 0. The van der Waals surface area contributed by atoms with E-state index in [0.717, 1.165) is 25.1 Å². The van der Waals surface area contributed by atoms with Crippen LogP contribution in [0.4, 0.5) is 0 Å². The van der Waals surface area contributed by atoms with E-state index in [0.29, 0.717) is 0 Å². The maximum atomic E-state index is 12.7. The molecule has 1 aromatic rings. The second-order valence-electron chi connectivity index (χ2n) is 4.90. The lowest BCUT2D eigenvalue weighted by atomic mass is 9.91. The van der Waals surface area contributed by atoms with Crippen molar-refractivity contribution in [1.29, 1.82) is 0 Å². The summed E-state index contributed by atoms with van der Waals surface area (Å²) in [5, 5.41) is 9.41. The summed E-state index contributed by atoms with van der Waals surface area (Å²) in [7, 11) is 0. The Morgan fingerprint density at radius 1 is 1.32 bits per heavy atom. The molecule has 2 atom stereocenters. The van der Waals surface area contributed by atoms with Crippen molar-refractivity contribution in [1.82, 2.24) is 4.90 Å². The number of aliphatic hydroxyl groups is 1. The van der Waals surface area contributed by atoms with Crippen LogP contribution in [0.2, 0.25) is 0 Å². The van der Waals surface area contributed by atoms with Crippen LogP contribution in [0.5, 0.6) is 0 Å². The van der Waals surface area contributed by atoms with E-state index < -0.39 is 5.41 Å². The first-order chi connectivity index (χ1) is 8.70. The number of likely N-dealkylation sites (N-methyl/N-ethyl adjacent to an activating group) is 1. The van der Waals surface area contributed by atoms with Crippen LogP contribution < -0.4 is 0 Å². The molecule has 1 saturated carbocycles. The molecule has 0 aliphatic heterocycles. The summed E-state index contributed by atoms with van der Waals surface area (Å²) in [5.74, 6) is 0.241. The van der Waals surface area contributed by atoms with Gasteiger partial charge < -0.3 is 10.0 Å². The molecule has 3 nitrogen and oxygen atoms in total. The molecule has 0 bridgehead atoms. The number of carbonyl (C=O) groups is 1. The molecule has 19 heavy (non-hydrogen) atoms. The van der Waals surface area contributed by atoms with Gasteiger partial charge in [-0.2, -0.15) is 0 Å². The topological polar surface area (TPSA) is 40.5 Å². The van der Waals surface area contributed by atoms with E-state index in [-0.39, 0.29) is 30.8 Å². The van der Waals surface area contributed by atoms with Crippen molar-refractivity contribution in [3.8, 4) is 0 Å². The third kappa shape index (κ3) is 2.63. The van der Waals surface area contributed by atoms with E-state index in [1.54, 1.807) is 0 Å². The highest BCUT2D eigenvalue weighted by molar-refractivity contribution is 5.92. The Bertz CT molecular complexity index is 419. The Morgan fingerprint density at radius 2 is 1.89 bits per heavy atom. The van der Waals surface area contributed by atoms with Crippen molar-refractivity contribution < 1.29 is 9.90 Å². The van der Waals surface area contributed by atoms with E-state index in [4.69, 9.17) is 0 Å². The first-order valence-electron chi connectivity index (χ1n) is 6.66. The highest BCUT2D eigenvalue weighted by Gasteiger charge is 2.61. The fourth-order valence-electron chi connectivity index (χ4n) is 2.82. The molecular formula is C15H22ClNO2. The van der Waals surface area contributed by atoms with Crippen molar-refractivity contribution >= 4 is 18.3 Å². The molecule has 1 amide bonds. The molecule has 2 rings (SSSR count). The van der Waals surface area contributed by atoms with Gasteiger partial charge in [0.1, 0.15) is 0 Å². The smallest absolute Gasteiger partial charge is 0.233 e. The minimum Gasteiger partial charge on any atom is -0.396 e. The molecule has 1 fully saturated rings. The molecule has 1 aromatic carbocycles. The number of hydrogen-bond donors (Lipinski definition) is 1. The van der Waals surface area contributed by atoms with Crippen LogP contribution in [0.15, 0.2) is 30.3 Å². The summed E-state index contributed by atoms with van der Waals surface area (Å²) in [5.41, 5.74) is 0.572. The number of amides is 1. The maximum absolute atomic E-state index is 12.7.